The summed E-state index contributed by atoms with van der Waals surface area (Å²) in [6, 6.07) is 20.7. The Bertz CT molecular complexity index is 1650. The molecule has 43 heavy (non-hydrogen) atoms. The molecular weight excluding hydrogens is 534 g/mol. The highest BCUT2D eigenvalue weighted by Gasteiger charge is 2.32. The summed E-state index contributed by atoms with van der Waals surface area (Å²) in [5.74, 6) is 0.992. The van der Waals surface area contributed by atoms with E-state index in [2.05, 4.69) is 64.7 Å². The van der Waals surface area contributed by atoms with Crippen molar-refractivity contribution in [3.05, 3.63) is 94.3 Å². The van der Waals surface area contributed by atoms with Crippen LogP contribution in [-0.2, 0) is 11.2 Å². The van der Waals surface area contributed by atoms with E-state index in [1.807, 2.05) is 19.1 Å². The maximum atomic E-state index is 12.4. The van der Waals surface area contributed by atoms with E-state index in [4.69, 9.17) is 9.72 Å². The Balaban J connectivity index is 1.12. The number of likely N-dealkylation sites (tertiary alicyclic amines) is 1. The van der Waals surface area contributed by atoms with Crippen molar-refractivity contribution in [2.75, 3.05) is 25.0 Å². The number of hydrogen-bond acceptors (Lipinski definition) is 6. The molecule has 0 bridgehead atoms. The molecule has 7 nitrogen and oxygen atoms in total. The van der Waals surface area contributed by atoms with Crippen LogP contribution in [0.4, 0.5) is 5.69 Å². The molecule has 2 fully saturated rings. The Morgan fingerprint density at radius 3 is 2.58 bits per heavy atom. The number of hydrogen-bond donors (Lipinski definition) is 1. The zero-order chi connectivity index (χ0) is 29.5. The third kappa shape index (κ3) is 5.47. The number of ether oxygens (including phenoxy) is 1. The number of aromatic nitrogens is 3. The summed E-state index contributed by atoms with van der Waals surface area (Å²) >= 11 is 0. The van der Waals surface area contributed by atoms with E-state index < -0.39 is 0 Å². The molecule has 0 amide bonds. The number of carbonyl (C=O) groups is 1. The number of nitrogens with one attached hydrogen (secondary N) is 1. The number of piperidine rings is 1. The van der Waals surface area contributed by atoms with Gasteiger partial charge in [-0.15, -0.1) is 0 Å². The zero-order valence-corrected chi connectivity index (χ0v) is 25.5. The average molecular weight is 576 g/mol. The molecular formula is C36H41N5O2. The Morgan fingerprint density at radius 1 is 1.00 bits per heavy atom. The smallest absolute Gasteiger partial charge is 0.341 e. The van der Waals surface area contributed by atoms with Crippen LogP contribution >= 0.6 is 0 Å². The first-order valence-corrected chi connectivity index (χ1v) is 15.9. The molecule has 2 aromatic carbocycles. The van der Waals surface area contributed by atoms with Gasteiger partial charge >= 0.3 is 5.97 Å². The molecule has 0 spiro atoms. The Kier molecular flexibility index (Phi) is 7.51. The second-order valence-electron chi connectivity index (χ2n) is 12.4. The number of carbonyl (C=O) groups excluding carboxylic acids is 1. The molecule has 2 aromatic heterocycles. The monoisotopic (exact) mass is 575 g/mol. The fourth-order valence-corrected chi connectivity index (χ4v) is 7.12. The molecule has 222 valence electrons. The standard InChI is InChI=1S/C36H41N5O2/c1-4-43-36(42)30-22-37-41(24(30)3)34-10-6-9-32(39-34)29-8-5-7-26-11-16-33(35(26)29)38-31-15-12-27(21-23(31)2)25-17-19-40(20-18-25)28-13-14-28/h5-10,12,15,21-22,25,28,33,38H,4,11,13-14,16-20H2,1-3H3. The van der Waals surface area contributed by atoms with Crippen LogP contribution in [0.5, 0.6) is 0 Å². The molecule has 1 saturated carbocycles. The second kappa shape index (κ2) is 11.6. The van der Waals surface area contributed by atoms with Gasteiger partial charge in [-0.25, -0.2) is 14.5 Å². The van der Waals surface area contributed by atoms with Crippen molar-refractivity contribution in [2.45, 2.75) is 77.3 Å². The van der Waals surface area contributed by atoms with Gasteiger partial charge in [0.15, 0.2) is 5.82 Å². The topological polar surface area (TPSA) is 72.3 Å². The molecule has 7 rings (SSSR count). The van der Waals surface area contributed by atoms with E-state index in [1.165, 1.54) is 66.7 Å². The van der Waals surface area contributed by atoms with Crippen LogP contribution in [0.3, 0.4) is 0 Å². The summed E-state index contributed by atoms with van der Waals surface area (Å²) in [5.41, 5.74) is 9.95. The second-order valence-corrected chi connectivity index (χ2v) is 12.4. The van der Waals surface area contributed by atoms with Crippen molar-refractivity contribution in [1.29, 1.82) is 0 Å². The molecule has 2 aliphatic carbocycles. The van der Waals surface area contributed by atoms with E-state index in [9.17, 15) is 4.79 Å². The molecule has 0 radical (unpaired) electrons. The molecule has 3 aliphatic rings. The van der Waals surface area contributed by atoms with Gasteiger partial charge in [-0.05, 0) is 119 Å². The van der Waals surface area contributed by atoms with Crippen LogP contribution in [0.2, 0.25) is 0 Å². The highest BCUT2D eigenvalue weighted by molar-refractivity contribution is 5.90. The van der Waals surface area contributed by atoms with Gasteiger partial charge in [-0.1, -0.05) is 36.4 Å². The molecule has 4 aromatic rings. The molecule has 3 heterocycles. The molecule has 1 saturated heterocycles. The molecule has 1 N–H and O–H groups in total. The number of esters is 1. The van der Waals surface area contributed by atoms with Crippen LogP contribution in [0.25, 0.3) is 17.1 Å². The zero-order valence-electron chi connectivity index (χ0n) is 25.5. The minimum Gasteiger partial charge on any atom is -0.462 e. The van der Waals surface area contributed by atoms with Crippen molar-refractivity contribution >= 4 is 11.7 Å². The number of nitrogens with zero attached hydrogens (tertiary/aromatic N) is 4. The van der Waals surface area contributed by atoms with Crippen LogP contribution in [-0.4, -0.2) is 51.4 Å². The van der Waals surface area contributed by atoms with Crippen LogP contribution in [0.1, 0.15) is 89.3 Å². The number of pyridine rings is 1. The average Bonchev–Trinajstić information content (AvgIpc) is 3.69. The number of aryl methyl sites for hydroxylation is 2. The summed E-state index contributed by atoms with van der Waals surface area (Å²) in [4.78, 5) is 20.1. The summed E-state index contributed by atoms with van der Waals surface area (Å²) in [6.07, 6.45) is 9.00. The van der Waals surface area contributed by atoms with Crippen LogP contribution in [0, 0.1) is 13.8 Å². The molecule has 1 aliphatic heterocycles. The van der Waals surface area contributed by atoms with E-state index >= 15 is 0 Å². The normalized spacial score (nSPS) is 18.9. The Labute approximate surface area is 254 Å². The van der Waals surface area contributed by atoms with E-state index in [1.54, 1.807) is 17.8 Å². The maximum absolute atomic E-state index is 12.4. The van der Waals surface area contributed by atoms with Crippen molar-refractivity contribution in [3.8, 4) is 17.1 Å². The van der Waals surface area contributed by atoms with E-state index in [0.717, 1.165) is 30.1 Å². The largest absolute Gasteiger partial charge is 0.462 e. The Hall–Kier alpha value is -3.97. The van der Waals surface area contributed by atoms with Gasteiger partial charge in [-0.2, -0.15) is 5.10 Å². The maximum Gasteiger partial charge on any atom is 0.341 e. The summed E-state index contributed by atoms with van der Waals surface area (Å²) < 4.78 is 6.92. The third-order valence-electron chi connectivity index (χ3n) is 9.62. The fraction of sp³-hybridized carbons (Fsp3) is 0.417. The van der Waals surface area contributed by atoms with Gasteiger partial charge < -0.3 is 15.0 Å². The minimum atomic E-state index is -0.362. The SMILES string of the molecule is CCOC(=O)c1cnn(-c2cccc(-c3cccc4c3C(Nc3ccc(C5CCN(C6CC6)CC5)cc3C)CC4)n2)c1C. The molecule has 7 heteroatoms. The van der Waals surface area contributed by atoms with Crippen molar-refractivity contribution in [1.82, 2.24) is 19.7 Å². The first-order valence-electron chi connectivity index (χ1n) is 15.9. The lowest BCUT2D eigenvalue weighted by Gasteiger charge is -2.32. The lowest BCUT2D eigenvalue weighted by molar-refractivity contribution is 0.0525. The van der Waals surface area contributed by atoms with Crippen LogP contribution in [0.15, 0.2) is 60.8 Å². The van der Waals surface area contributed by atoms with Crippen molar-refractivity contribution < 1.29 is 9.53 Å². The predicted molar refractivity (Wildman–Crippen MR) is 170 cm³/mol. The van der Waals surface area contributed by atoms with E-state index in [-0.39, 0.29) is 12.0 Å². The van der Waals surface area contributed by atoms with Crippen LogP contribution < -0.4 is 5.32 Å². The number of fused-ring (bicyclic) bond motifs is 1. The Morgan fingerprint density at radius 2 is 1.81 bits per heavy atom. The third-order valence-corrected chi connectivity index (χ3v) is 9.62. The van der Waals surface area contributed by atoms with E-state index in [0.29, 0.717) is 29.6 Å². The summed E-state index contributed by atoms with van der Waals surface area (Å²) in [7, 11) is 0. The van der Waals surface area contributed by atoms with Crippen molar-refractivity contribution in [3.63, 3.8) is 0 Å². The summed E-state index contributed by atoms with van der Waals surface area (Å²) in [6.45, 7) is 8.75. The first kappa shape index (κ1) is 27.8. The van der Waals surface area contributed by atoms with Gasteiger partial charge in [0.25, 0.3) is 0 Å². The minimum absolute atomic E-state index is 0.213. The fourth-order valence-electron chi connectivity index (χ4n) is 7.12. The van der Waals surface area contributed by atoms with Crippen molar-refractivity contribution in [2.24, 2.45) is 0 Å². The van der Waals surface area contributed by atoms with Gasteiger partial charge in [0.2, 0.25) is 0 Å². The predicted octanol–water partition coefficient (Wildman–Crippen LogP) is 7.17. The summed E-state index contributed by atoms with van der Waals surface area (Å²) in [5, 5.41) is 8.38. The van der Waals surface area contributed by atoms with Gasteiger partial charge in [0, 0.05) is 17.3 Å². The lowest BCUT2D eigenvalue weighted by Crippen LogP contribution is -2.34. The molecule has 1 atom stereocenters. The first-order chi connectivity index (χ1) is 21.0. The van der Waals surface area contributed by atoms with Gasteiger partial charge in [0.1, 0.15) is 5.56 Å². The van der Waals surface area contributed by atoms with Gasteiger partial charge in [-0.3, -0.25) is 0 Å². The highest BCUT2D eigenvalue weighted by Crippen LogP contribution is 2.41. The van der Waals surface area contributed by atoms with Gasteiger partial charge in [0.05, 0.1) is 30.2 Å². The number of benzene rings is 2. The number of rotatable bonds is 8. The lowest BCUT2D eigenvalue weighted by atomic mass is 9.88. The number of anilines is 1. The molecule has 1 unspecified atom stereocenters. The quantitative estimate of drug-likeness (QED) is 0.225. The highest BCUT2D eigenvalue weighted by atomic mass is 16.5.